The van der Waals surface area contributed by atoms with Crippen LogP contribution in [0.2, 0.25) is 0 Å². The highest BCUT2D eigenvalue weighted by atomic mass is 16.5. The number of carbonyl (C=O) groups is 2. The lowest BCUT2D eigenvalue weighted by Gasteiger charge is -2.32. The molecule has 0 heterocycles. The molecule has 0 fully saturated rings. The van der Waals surface area contributed by atoms with Gasteiger partial charge in [0, 0.05) is 0 Å². The average Bonchev–Trinajstić information content (AvgIpc) is 2.73. The van der Waals surface area contributed by atoms with Crippen LogP contribution in [-0.2, 0) is 19.1 Å². The Morgan fingerprint density at radius 2 is 1.27 bits per heavy atom. The predicted molar refractivity (Wildman–Crippen MR) is 123 cm³/mol. The largest absolute Gasteiger partial charge is 0.465 e. The fourth-order valence-electron chi connectivity index (χ4n) is 4.20. The van der Waals surface area contributed by atoms with E-state index in [1.165, 1.54) is 51.4 Å². The lowest BCUT2D eigenvalue weighted by molar-refractivity contribution is -0.163. The van der Waals surface area contributed by atoms with Crippen LogP contribution in [0.4, 0.5) is 0 Å². The Bertz CT molecular complexity index is 511. The summed E-state index contributed by atoms with van der Waals surface area (Å²) in [6.45, 7) is 9.39. The van der Waals surface area contributed by atoms with Gasteiger partial charge in [-0.15, -0.1) is 0 Å². The number of hydrogen-bond donors (Lipinski definition) is 0. The molecule has 4 heteroatoms. The van der Waals surface area contributed by atoms with E-state index in [-0.39, 0.29) is 17.9 Å². The first-order valence-corrected chi connectivity index (χ1v) is 12.5. The highest BCUT2D eigenvalue weighted by Crippen LogP contribution is 2.36. The van der Waals surface area contributed by atoms with Crippen molar-refractivity contribution in [3.63, 3.8) is 0 Å². The first-order chi connectivity index (χ1) is 14.5. The molecule has 174 valence electrons. The Kier molecular flexibility index (Phi) is 14.6. The van der Waals surface area contributed by atoms with E-state index >= 15 is 0 Å². The Hall–Kier alpha value is -1.32. The number of rotatable bonds is 16. The molecular weight excluding hydrogens is 376 g/mol. The highest BCUT2D eigenvalue weighted by Gasteiger charge is 2.42. The first kappa shape index (κ1) is 26.7. The Morgan fingerprint density at radius 3 is 1.80 bits per heavy atom. The van der Waals surface area contributed by atoms with Crippen LogP contribution in [0.5, 0.6) is 0 Å². The molecule has 0 radical (unpaired) electrons. The molecule has 0 amide bonds. The third kappa shape index (κ3) is 10.1. The van der Waals surface area contributed by atoms with Gasteiger partial charge in [0.25, 0.3) is 0 Å². The van der Waals surface area contributed by atoms with Crippen molar-refractivity contribution in [2.45, 2.75) is 111 Å². The Morgan fingerprint density at radius 1 is 0.800 bits per heavy atom. The molecule has 1 aliphatic carbocycles. The van der Waals surface area contributed by atoms with Crippen LogP contribution in [0.3, 0.4) is 0 Å². The molecule has 0 aliphatic heterocycles. The highest BCUT2D eigenvalue weighted by molar-refractivity contribution is 5.83. The third-order valence-electron chi connectivity index (χ3n) is 6.44. The summed E-state index contributed by atoms with van der Waals surface area (Å²) in [5.41, 5.74) is 1.16. The zero-order valence-electron chi connectivity index (χ0n) is 20.0. The van der Waals surface area contributed by atoms with E-state index in [4.69, 9.17) is 9.47 Å². The van der Waals surface area contributed by atoms with E-state index in [0.717, 1.165) is 31.3 Å². The number of carbonyl (C=O) groups excluding carboxylic acids is 2. The van der Waals surface area contributed by atoms with Gasteiger partial charge in [-0.3, -0.25) is 9.59 Å². The van der Waals surface area contributed by atoms with Crippen LogP contribution < -0.4 is 0 Å². The number of hydrogen-bond acceptors (Lipinski definition) is 4. The number of unbranched alkanes of at least 4 members (excludes halogenated alkanes) is 10. The van der Waals surface area contributed by atoms with E-state index < -0.39 is 11.8 Å². The lowest BCUT2D eigenvalue weighted by Crippen LogP contribution is -2.39. The van der Waals surface area contributed by atoms with Gasteiger partial charge in [0.15, 0.2) is 0 Å². The van der Waals surface area contributed by atoms with E-state index in [2.05, 4.69) is 19.9 Å². The quantitative estimate of drug-likeness (QED) is 0.152. The Balaban J connectivity index is 2.43. The predicted octanol–water partition coefficient (Wildman–Crippen LogP) is 7.01. The number of esters is 2. The molecule has 0 saturated carbocycles. The van der Waals surface area contributed by atoms with Crippen molar-refractivity contribution >= 4 is 11.9 Å². The molecule has 0 N–H and O–H groups in total. The number of allylic oxidation sites excluding steroid dienone is 2. The second kappa shape index (κ2) is 16.4. The second-order valence-electron chi connectivity index (χ2n) is 8.98. The van der Waals surface area contributed by atoms with Crippen molar-refractivity contribution < 1.29 is 19.1 Å². The van der Waals surface area contributed by atoms with Crippen molar-refractivity contribution in [2.24, 2.45) is 17.8 Å². The van der Waals surface area contributed by atoms with Crippen LogP contribution in [0.15, 0.2) is 11.6 Å². The smallest absolute Gasteiger partial charge is 0.310 e. The molecule has 30 heavy (non-hydrogen) atoms. The molecule has 3 atom stereocenters. The van der Waals surface area contributed by atoms with E-state index in [0.29, 0.717) is 19.6 Å². The topological polar surface area (TPSA) is 52.6 Å². The van der Waals surface area contributed by atoms with Crippen LogP contribution >= 0.6 is 0 Å². The molecule has 0 aromatic heterocycles. The molecule has 3 unspecified atom stereocenters. The second-order valence-corrected chi connectivity index (χ2v) is 8.98. The Labute approximate surface area is 185 Å². The molecule has 0 spiro atoms. The summed E-state index contributed by atoms with van der Waals surface area (Å²) < 4.78 is 11.2. The van der Waals surface area contributed by atoms with Crippen LogP contribution in [0.25, 0.3) is 0 Å². The molecule has 4 nitrogen and oxygen atoms in total. The summed E-state index contributed by atoms with van der Waals surface area (Å²) in [6, 6.07) is 0. The fraction of sp³-hybridized carbons (Fsp3) is 0.846. The van der Waals surface area contributed by atoms with Crippen LogP contribution in [0.1, 0.15) is 111 Å². The average molecular weight is 423 g/mol. The summed E-state index contributed by atoms with van der Waals surface area (Å²) >= 11 is 0. The molecule has 0 saturated heterocycles. The minimum Gasteiger partial charge on any atom is -0.465 e. The van der Waals surface area contributed by atoms with E-state index in [1.54, 1.807) is 0 Å². The summed E-state index contributed by atoms with van der Waals surface area (Å²) in [7, 11) is 0. The number of ether oxygens (including phenoxy) is 2. The minimum atomic E-state index is -0.424. The van der Waals surface area contributed by atoms with Gasteiger partial charge in [-0.05, 0) is 32.1 Å². The van der Waals surface area contributed by atoms with Gasteiger partial charge in [0.2, 0.25) is 0 Å². The van der Waals surface area contributed by atoms with Gasteiger partial charge in [-0.2, -0.15) is 0 Å². The maximum atomic E-state index is 12.8. The van der Waals surface area contributed by atoms with Crippen molar-refractivity contribution in [2.75, 3.05) is 13.2 Å². The normalized spacial score (nSPS) is 21.2. The zero-order valence-corrected chi connectivity index (χ0v) is 20.0. The summed E-state index contributed by atoms with van der Waals surface area (Å²) in [4.78, 5) is 25.5. The molecule has 0 aromatic carbocycles. The maximum absolute atomic E-state index is 12.8. The zero-order chi connectivity index (χ0) is 22.2. The standard InChI is InChI=1S/C26H46O4/c1-5-7-9-11-13-15-19-29-25(27)23-18-17-21(3)22(4)24(23)26(28)30-20-16-14-12-10-8-6-2/h17,22-24H,5-16,18-20H2,1-4H3. The van der Waals surface area contributed by atoms with Crippen molar-refractivity contribution in [1.82, 2.24) is 0 Å². The molecule has 0 bridgehead atoms. The van der Waals surface area contributed by atoms with Crippen molar-refractivity contribution in [3.8, 4) is 0 Å². The SMILES string of the molecule is CCCCCCCCOC(=O)C1CC=C(C)C(C)C1C(=O)OCCCCCCCC. The van der Waals surface area contributed by atoms with E-state index in [9.17, 15) is 9.59 Å². The monoisotopic (exact) mass is 422 g/mol. The van der Waals surface area contributed by atoms with Gasteiger partial charge in [0.05, 0.1) is 25.0 Å². The van der Waals surface area contributed by atoms with Gasteiger partial charge in [-0.1, -0.05) is 96.6 Å². The minimum absolute atomic E-state index is 0.0161. The molecule has 1 aliphatic rings. The summed E-state index contributed by atoms with van der Waals surface area (Å²) in [5, 5.41) is 0. The fourth-order valence-corrected chi connectivity index (χ4v) is 4.20. The van der Waals surface area contributed by atoms with Crippen LogP contribution in [0, 0.1) is 17.8 Å². The van der Waals surface area contributed by atoms with Crippen LogP contribution in [-0.4, -0.2) is 25.2 Å². The summed E-state index contributed by atoms with van der Waals surface area (Å²) in [5.74, 6) is -1.29. The molecule has 0 aromatic rings. The first-order valence-electron chi connectivity index (χ1n) is 12.5. The summed E-state index contributed by atoms with van der Waals surface area (Å²) in [6.07, 6.45) is 16.5. The molecular formula is C26H46O4. The van der Waals surface area contributed by atoms with Crippen molar-refractivity contribution in [3.05, 3.63) is 11.6 Å². The van der Waals surface area contributed by atoms with Crippen molar-refractivity contribution in [1.29, 1.82) is 0 Å². The van der Waals surface area contributed by atoms with E-state index in [1.807, 2.05) is 13.8 Å². The van der Waals surface area contributed by atoms with Gasteiger partial charge < -0.3 is 9.47 Å². The van der Waals surface area contributed by atoms with Gasteiger partial charge >= 0.3 is 11.9 Å². The maximum Gasteiger partial charge on any atom is 0.310 e. The lowest BCUT2D eigenvalue weighted by atomic mass is 9.73. The molecule has 1 rings (SSSR count). The van der Waals surface area contributed by atoms with Gasteiger partial charge in [0.1, 0.15) is 0 Å². The third-order valence-corrected chi connectivity index (χ3v) is 6.44. The van der Waals surface area contributed by atoms with Gasteiger partial charge in [-0.25, -0.2) is 0 Å².